The van der Waals surface area contributed by atoms with Gasteiger partial charge in [-0.25, -0.2) is 4.98 Å². The van der Waals surface area contributed by atoms with Gasteiger partial charge in [0.25, 0.3) is 0 Å². The lowest BCUT2D eigenvalue weighted by molar-refractivity contribution is 0.0228. The van der Waals surface area contributed by atoms with Crippen LogP contribution in [0.2, 0.25) is 0 Å². The molecular formula is C15H19N3O2. The van der Waals surface area contributed by atoms with Crippen molar-refractivity contribution in [2.24, 2.45) is 0 Å². The van der Waals surface area contributed by atoms with E-state index in [0.717, 1.165) is 38.4 Å². The number of aromatic hydroxyl groups is 1. The molecule has 1 aromatic heterocycles. The van der Waals surface area contributed by atoms with Crippen molar-refractivity contribution in [3.05, 3.63) is 48.0 Å². The molecule has 1 fully saturated rings. The molecule has 0 saturated carbocycles. The van der Waals surface area contributed by atoms with Crippen LogP contribution >= 0.6 is 0 Å². The van der Waals surface area contributed by atoms with Crippen LogP contribution in [0, 0.1) is 0 Å². The molecule has 1 saturated heterocycles. The number of aromatic nitrogens is 2. The molecule has 1 unspecified atom stereocenters. The number of imidazole rings is 1. The average Bonchev–Trinajstić information content (AvgIpc) is 2.96. The summed E-state index contributed by atoms with van der Waals surface area (Å²) in [6, 6.07) is 7.34. The summed E-state index contributed by atoms with van der Waals surface area (Å²) >= 11 is 0. The van der Waals surface area contributed by atoms with Gasteiger partial charge in [-0.2, -0.15) is 0 Å². The fraction of sp³-hybridized carbons (Fsp3) is 0.400. The summed E-state index contributed by atoms with van der Waals surface area (Å²) in [6.45, 7) is 3.36. The third-order valence-corrected chi connectivity index (χ3v) is 3.58. The van der Waals surface area contributed by atoms with Crippen molar-refractivity contribution in [1.29, 1.82) is 0 Å². The summed E-state index contributed by atoms with van der Waals surface area (Å²) in [5.74, 6) is 0.304. The predicted octanol–water partition coefficient (Wildman–Crippen LogP) is 1.49. The van der Waals surface area contributed by atoms with Gasteiger partial charge in [0.1, 0.15) is 11.9 Å². The highest BCUT2D eigenvalue weighted by atomic mass is 16.5. The van der Waals surface area contributed by atoms with Gasteiger partial charge >= 0.3 is 0 Å². The summed E-state index contributed by atoms with van der Waals surface area (Å²) in [6.07, 6.45) is 4.73. The first-order valence-electron chi connectivity index (χ1n) is 6.93. The Balaban J connectivity index is 1.65. The van der Waals surface area contributed by atoms with E-state index in [-0.39, 0.29) is 6.10 Å². The number of hydrogen-bond acceptors (Lipinski definition) is 4. The predicted molar refractivity (Wildman–Crippen MR) is 75.6 cm³/mol. The second-order valence-corrected chi connectivity index (χ2v) is 4.99. The minimum atomic E-state index is 0.0890. The molecule has 2 heterocycles. The van der Waals surface area contributed by atoms with E-state index in [1.54, 1.807) is 12.1 Å². The maximum Gasteiger partial charge on any atom is 0.115 e. The lowest BCUT2D eigenvalue weighted by Crippen LogP contribution is -2.34. The normalized spacial score (nSPS) is 19.1. The van der Waals surface area contributed by atoms with Gasteiger partial charge < -0.3 is 19.7 Å². The lowest BCUT2D eigenvalue weighted by Gasteiger charge is -2.24. The van der Waals surface area contributed by atoms with Crippen LogP contribution in [0.1, 0.15) is 17.4 Å². The van der Waals surface area contributed by atoms with Gasteiger partial charge in [-0.15, -0.1) is 0 Å². The SMILES string of the molecule is Oc1ccc(CCn2cncc2C2CNCCO2)cc1. The minimum Gasteiger partial charge on any atom is -0.508 e. The number of ether oxygens (including phenoxy) is 1. The molecular weight excluding hydrogens is 254 g/mol. The van der Waals surface area contributed by atoms with Gasteiger partial charge in [-0.3, -0.25) is 0 Å². The van der Waals surface area contributed by atoms with E-state index in [9.17, 15) is 5.11 Å². The lowest BCUT2D eigenvalue weighted by atomic mass is 10.1. The van der Waals surface area contributed by atoms with Crippen molar-refractivity contribution in [3.8, 4) is 5.75 Å². The van der Waals surface area contributed by atoms with E-state index >= 15 is 0 Å². The fourth-order valence-electron chi connectivity index (χ4n) is 2.45. The third-order valence-electron chi connectivity index (χ3n) is 3.58. The van der Waals surface area contributed by atoms with Crippen LogP contribution in [0.5, 0.6) is 5.75 Å². The van der Waals surface area contributed by atoms with Crippen LogP contribution in [0.15, 0.2) is 36.8 Å². The number of phenols is 1. The topological polar surface area (TPSA) is 59.3 Å². The number of phenolic OH excluding ortho intramolecular Hbond substituents is 1. The standard InChI is InChI=1S/C15H19N3O2/c19-13-3-1-12(2-4-13)5-7-18-11-17-9-14(18)15-10-16-6-8-20-15/h1-4,9,11,15-16,19H,5-8,10H2. The Bertz CT molecular complexity index is 545. The fourth-order valence-corrected chi connectivity index (χ4v) is 2.45. The van der Waals surface area contributed by atoms with Gasteiger partial charge in [-0.1, -0.05) is 12.1 Å². The van der Waals surface area contributed by atoms with E-state index in [4.69, 9.17) is 4.74 Å². The molecule has 3 rings (SSSR count). The van der Waals surface area contributed by atoms with E-state index in [1.165, 1.54) is 5.56 Å². The van der Waals surface area contributed by atoms with Gasteiger partial charge in [0.15, 0.2) is 0 Å². The highest BCUT2D eigenvalue weighted by Gasteiger charge is 2.19. The van der Waals surface area contributed by atoms with Crippen molar-refractivity contribution in [2.45, 2.75) is 19.1 Å². The van der Waals surface area contributed by atoms with Gasteiger partial charge in [0.2, 0.25) is 0 Å². The number of aryl methyl sites for hydroxylation is 2. The first kappa shape index (κ1) is 13.1. The molecule has 5 nitrogen and oxygen atoms in total. The van der Waals surface area contributed by atoms with Crippen LogP contribution in [0.4, 0.5) is 0 Å². The number of nitrogens with one attached hydrogen (secondary N) is 1. The molecule has 0 spiro atoms. The van der Waals surface area contributed by atoms with Gasteiger partial charge in [0.05, 0.1) is 24.8 Å². The van der Waals surface area contributed by atoms with Crippen LogP contribution < -0.4 is 5.32 Å². The molecule has 20 heavy (non-hydrogen) atoms. The number of rotatable bonds is 4. The van der Waals surface area contributed by atoms with E-state index in [1.807, 2.05) is 24.7 Å². The highest BCUT2D eigenvalue weighted by Crippen LogP contribution is 2.19. The minimum absolute atomic E-state index is 0.0890. The average molecular weight is 273 g/mol. The molecule has 1 atom stereocenters. The number of nitrogens with zero attached hydrogens (tertiary/aromatic N) is 2. The van der Waals surface area contributed by atoms with Crippen LogP contribution in [-0.2, 0) is 17.7 Å². The monoisotopic (exact) mass is 273 g/mol. The summed E-state index contributed by atoms with van der Waals surface area (Å²) in [5.41, 5.74) is 2.32. The quantitative estimate of drug-likeness (QED) is 0.886. The first-order chi connectivity index (χ1) is 9.83. The third kappa shape index (κ3) is 3.00. The maximum atomic E-state index is 9.28. The molecule has 1 aromatic carbocycles. The Kier molecular flexibility index (Phi) is 3.99. The number of morpholine rings is 1. The summed E-state index contributed by atoms with van der Waals surface area (Å²) in [5, 5.41) is 12.6. The molecule has 1 aliphatic heterocycles. The molecule has 0 aliphatic carbocycles. The van der Waals surface area contributed by atoms with Crippen LogP contribution in [0.25, 0.3) is 0 Å². The highest BCUT2D eigenvalue weighted by molar-refractivity contribution is 5.26. The Labute approximate surface area is 118 Å². The Morgan fingerprint density at radius 2 is 2.20 bits per heavy atom. The summed E-state index contributed by atoms with van der Waals surface area (Å²) < 4.78 is 7.92. The van der Waals surface area contributed by atoms with Crippen LogP contribution in [0.3, 0.4) is 0 Å². The summed E-state index contributed by atoms with van der Waals surface area (Å²) in [4.78, 5) is 4.24. The Hall–Kier alpha value is -1.85. The molecule has 5 heteroatoms. The van der Waals surface area contributed by atoms with Crippen molar-refractivity contribution in [2.75, 3.05) is 19.7 Å². The Morgan fingerprint density at radius 1 is 1.35 bits per heavy atom. The second kappa shape index (κ2) is 6.07. The zero-order valence-corrected chi connectivity index (χ0v) is 11.3. The van der Waals surface area contributed by atoms with Crippen molar-refractivity contribution in [1.82, 2.24) is 14.9 Å². The molecule has 2 N–H and O–H groups in total. The zero-order chi connectivity index (χ0) is 13.8. The van der Waals surface area contributed by atoms with E-state index in [0.29, 0.717) is 5.75 Å². The van der Waals surface area contributed by atoms with Crippen molar-refractivity contribution < 1.29 is 9.84 Å². The second-order valence-electron chi connectivity index (χ2n) is 4.99. The number of benzene rings is 1. The first-order valence-corrected chi connectivity index (χ1v) is 6.93. The molecule has 0 radical (unpaired) electrons. The van der Waals surface area contributed by atoms with Gasteiger partial charge in [0, 0.05) is 19.6 Å². The smallest absolute Gasteiger partial charge is 0.115 e. The number of hydrogen-bond donors (Lipinski definition) is 2. The van der Waals surface area contributed by atoms with Gasteiger partial charge in [-0.05, 0) is 24.1 Å². The van der Waals surface area contributed by atoms with Crippen molar-refractivity contribution in [3.63, 3.8) is 0 Å². The molecule has 106 valence electrons. The molecule has 0 amide bonds. The van der Waals surface area contributed by atoms with E-state index < -0.39 is 0 Å². The zero-order valence-electron chi connectivity index (χ0n) is 11.3. The largest absolute Gasteiger partial charge is 0.508 e. The molecule has 0 bridgehead atoms. The Morgan fingerprint density at radius 3 is 2.95 bits per heavy atom. The van der Waals surface area contributed by atoms with Crippen molar-refractivity contribution >= 4 is 0 Å². The summed E-state index contributed by atoms with van der Waals surface area (Å²) in [7, 11) is 0. The van der Waals surface area contributed by atoms with Crippen LogP contribution in [-0.4, -0.2) is 34.4 Å². The maximum absolute atomic E-state index is 9.28. The van der Waals surface area contributed by atoms with E-state index in [2.05, 4.69) is 14.9 Å². The molecule has 2 aromatic rings. The molecule has 1 aliphatic rings.